The molecular weight excluding hydrogens is 1420 g/mol. The Balaban J connectivity index is 0.000000438. The van der Waals surface area contributed by atoms with Gasteiger partial charge in [-0.2, -0.15) is 0 Å². The van der Waals surface area contributed by atoms with Crippen molar-refractivity contribution in [2.24, 2.45) is 5.73 Å². The van der Waals surface area contributed by atoms with Crippen LogP contribution < -0.4 is 27.2 Å². The van der Waals surface area contributed by atoms with Gasteiger partial charge in [-0.15, -0.1) is 0 Å². The Labute approximate surface area is 605 Å². The number of nitrogens with one attached hydrogen (secondary N) is 4. The molecule has 0 saturated carbocycles. The van der Waals surface area contributed by atoms with Crippen molar-refractivity contribution < 1.29 is 183 Å². The van der Waals surface area contributed by atoms with E-state index in [1.807, 2.05) is 20.8 Å². The van der Waals surface area contributed by atoms with Crippen LogP contribution in [0.4, 0.5) is 0 Å². The number of carbonyl (C=O) groups excluding carboxylic acids is 5. The average Bonchev–Trinajstić information content (AvgIpc) is 0.786. The van der Waals surface area contributed by atoms with Crippen molar-refractivity contribution in [1.29, 1.82) is 0 Å². The van der Waals surface area contributed by atoms with E-state index in [2.05, 4.69) is 21.5 Å². The molecule has 42 nitrogen and oxygen atoms in total. The van der Waals surface area contributed by atoms with Crippen LogP contribution in [-0.2, 0) is 80.8 Å². The van der Waals surface area contributed by atoms with Crippen molar-refractivity contribution in [3.63, 3.8) is 0 Å². The molecule has 105 heavy (non-hydrogen) atoms. The highest BCUT2D eigenvalue weighted by Gasteiger charge is 2.55. The minimum atomic E-state index is -1.91. The maximum Gasteiger partial charge on any atom is 0.234 e. The van der Waals surface area contributed by atoms with Crippen LogP contribution >= 0.6 is 0 Å². The zero-order chi connectivity index (χ0) is 78.2. The first kappa shape index (κ1) is 93.8. The van der Waals surface area contributed by atoms with E-state index in [1.165, 1.54) is 0 Å². The van der Waals surface area contributed by atoms with Gasteiger partial charge in [-0.05, 0) is 58.4 Å². The number of rotatable bonds is 41. The van der Waals surface area contributed by atoms with Gasteiger partial charge in [-0.3, -0.25) is 24.6 Å². The number of Topliss-reactive ketones (excluding diaryl/α,β-unsaturated/α-hetero) is 1. The fourth-order valence-corrected chi connectivity index (χ4v) is 11.6. The number of aldehydes is 1. The second-order valence-electron chi connectivity index (χ2n) is 25.5. The third-order valence-corrected chi connectivity index (χ3v) is 17.8. The van der Waals surface area contributed by atoms with Crippen molar-refractivity contribution in [2.75, 3.05) is 72.5 Å². The molecule has 31 atom stereocenters. The first-order valence-corrected chi connectivity index (χ1v) is 35.4. The van der Waals surface area contributed by atoms with Gasteiger partial charge >= 0.3 is 0 Å². The van der Waals surface area contributed by atoms with Gasteiger partial charge in [0, 0.05) is 45.2 Å². The number of ketones is 1. The summed E-state index contributed by atoms with van der Waals surface area (Å²) in [6.07, 6.45) is -44.3. The zero-order valence-electron chi connectivity index (χ0n) is 58.9. The highest BCUT2D eigenvalue weighted by Crippen LogP contribution is 2.34. The third kappa shape index (κ3) is 28.3. The third-order valence-electron chi connectivity index (χ3n) is 17.8. The Morgan fingerprint density at radius 2 is 0.752 bits per heavy atom. The van der Waals surface area contributed by atoms with E-state index in [-0.39, 0.29) is 75.4 Å². The van der Waals surface area contributed by atoms with Crippen LogP contribution in [0.5, 0.6) is 0 Å². The molecule has 0 aromatic heterocycles. The average molecular weight is 1530 g/mol. The van der Waals surface area contributed by atoms with E-state index in [4.69, 9.17) is 62.6 Å². The number of hydrogen-bond acceptors (Lipinski definition) is 39. The predicted molar refractivity (Wildman–Crippen MR) is 348 cm³/mol. The van der Waals surface area contributed by atoms with E-state index in [0.29, 0.717) is 57.9 Å². The second kappa shape index (κ2) is 48.9. The van der Waals surface area contributed by atoms with Crippen LogP contribution in [0.2, 0.25) is 0 Å². The molecule has 26 N–H and O–H groups in total. The summed E-state index contributed by atoms with van der Waals surface area (Å²) in [6, 6.07) is -0.537. The molecule has 614 valence electrons. The zero-order valence-corrected chi connectivity index (χ0v) is 58.9. The molecule has 42 heteroatoms. The van der Waals surface area contributed by atoms with E-state index >= 15 is 0 Å². The summed E-state index contributed by atoms with van der Waals surface area (Å²) in [5, 5.41) is 210. The summed E-state index contributed by atoms with van der Waals surface area (Å²) in [5.41, 5.74) is 10.6. The topological polar surface area (TPSA) is 675 Å². The van der Waals surface area contributed by atoms with Gasteiger partial charge in [-0.1, -0.05) is 20.3 Å². The van der Waals surface area contributed by atoms with Crippen LogP contribution in [-0.4, -0.2) is 395 Å². The predicted octanol–water partition coefficient (Wildman–Crippen LogP) is -12.0. The smallest absolute Gasteiger partial charge is 0.234 e. The lowest BCUT2D eigenvalue weighted by Gasteiger charge is -2.46. The SMILES string of the molecule is CC.CCNC(=O)CCCCC(=O)CCCO[C@@H]1O[C@H](CO[C@H]2O[C@H](CO)[C@@H](O)[C@H](O)[C@@H]2O)[C@@H](O)[C@H](O[C@H]2O[C@H](CO)[C@@H](O)[C@H](O)[C@@H]2O)[C@H]1O.NCCCC[C@@H](C=O)NNC(=O)CCCCC(=O)NCCO[C@@H]1O[C@H](CO[C@H]2O[C@H](CO)[C@@H](O)[C@H](O)[C@@H]2O)[C@@H](O)[C@H](O[C@H]2O[C@H](CO)[C@@H](O)[C@H](O)[C@@H]2O)[C@H]1O. The molecule has 6 saturated heterocycles. The number of aliphatic hydroxyl groups excluding tert-OH is 20. The molecule has 3 amide bonds. The summed E-state index contributed by atoms with van der Waals surface area (Å²) in [5.74, 6) is -0.871. The highest BCUT2D eigenvalue weighted by molar-refractivity contribution is 5.79. The molecule has 6 aliphatic rings. The fourth-order valence-electron chi connectivity index (χ4n) is 11.6. The lowest BCUT2D eigenvalue weighted by Crippen LogP contribution is -2.65. The number of hydrazine groups is 1. The molecule has 0 aromatic rings. The summed E-state index contributed by atoms with van der Waals surface area (Å²) < 4.78 is 66.4. The minimum Gasteiger partial charge on any atom is -0.394 e. The molecule has 6 heterocycles. The van der Waals surface area contributed by atoms with Crippen LogP contribution in [0.3, 0.4) is 0 Å². The van der Waals surface area contributed by atoms with Crippen molar-refractivity contribution in [3.05, 3.63) is 0 Å². The van der Waals surface area contributed by atoms with Crippen LogP contribution in [0.1, 0.15) is 104 Å². The minimum absolute atomic E-state index is 0.0651. The Kier molecular flexibility index (Phi) is 43.7. The van der Waals surface area contributed by atoms with Crippen molar-refractivity contribution in [2.45, 2.75) is 295 Å². The van der Waals surface area contributed by atoms with E-state index in [0.717, 1.165) is 12.8 Å². The number of hydrogen-bond donors (Lipinski definition) is 25. The first-order valence-electron chi connectivity index (χ1n) is 35.4. The molecule has 0 unspecified atom stereocenters. The number of amides is 3. The summed E-state index contributed by atoms with van der Waals surface area (Å²) >= 11 is 0. The number of carbonyl (C=O) groups is 5. The van der Waals surface area contributed by atoms with Crippen LogP contribution in [0.15, 0.2) is 0 Å². The molecule has 0 spiro atoms. The van der Waals surface area contributed by atoms with Crippen molar-refractivity contribution >= 4 is 29.8 Å². The molecule has 0 aliphatic carbocycles. The normalized spacial score (nSPS) is 38.1. The number of nitrogens with two attached hydrogens (primary N) is 1. The molecule has 0 aromatic carbocycles. The number of ether oxygens (including phenoxy) is 12. The Morgan fingerprint density at radius 1 is 0.400 bits per heavy atom. The van der Waals surface area contributed by atoms with Crippen molar-refractivity contribution in [3.8, 4) is 0 Å². The first-order chi connectivity index (χ1) is 50.1. The van der Waals surface area contributed by atoms with E-state index in [1.54, 1.807) is 0 Å². The number of unbranched alkanes of at least 4 members (excludes halogenated alkanes) is 3. The van der Waals surface area contributed by atoms with Gasteiger partial charge in [-0.25, -0.2) is 5.43 Å². The van der Waals surface area contributed by atoms with Gasteiger partial charge in [0.25, 0.3) is 0 Å². The van der Waals surface area contributed by atoms with Gasteiger partial charge < -0.3 is 180 Å². The molecule has 6 fully saturated rings. The number of aliphatic hydroxyl groups is 20. The maximum absolute atomic E-state index is 12.4. The van der Waals surface area contributed by atoms with Gasteiger partial charge in [0.2, 0.25) is 17.7 Å². The highest BCUT2D eigenvalue weighted by atomic mass is 16.8. The van der Waals surface area contributed by atoms with Crippen molar-refractivity contribution in [1.82, 2.24) is 21.5 Å². The quantitative estimate of drug-likeness (QED) is 0.0154. The molecule has 6 aliphatic heterocycles. The second-order valence-corrected chi connectivity index (χ2v) is 25.5. The standard InChI is InChI=1S/C32H58N4O19.C29H51NO18.C2H6/c33-8-4-3-5-15(11-37)35-36-20(41)7-2-1-6-19(40)34-9-10-50-31-28(49)29(55-32-27(48)25(46)22(43)17(13-39)53-32)23(44)18(54-31)14-51-30-26(47)24(45)21(42)16(12-38)52-30;1-2-30-17(34)8-4-3-6-13(33)7-5-9-43-28-25(42)26(48-29-24(41)22(39)19(36)15(11-32)46-29)20(37)16(47-28)12-44-27-23(40)21(38)18(35)14(10-31)45-27;1-2/h11,15-18,21-32,35,38-39,42-49H,1-10,12-14,33H2,(H,34,40)(H,36,41);14-16,18-29,31-32,35-42H,2-12H2,1H3,(H,30,34);1-2H3/t15-,16+,17+,18+,21+,22+,23+,24-,25-,26-,27-,28+,29-,30-,31+,32+;14-,15-,16-,18-,19-,20-,21+,22+,23+,24+,25-,26+,27+,28-,29-;/m01./s1. The lowest BCUT2D eigenvalue weighted by molar-refractivity contribution is -0.366. The van der Waals surface area contributed by atoms with Crippen LogP contribution in [0, 0.1) is 0 Å². The fraction of sp³-hybridized carbons (Fsp3) is 0.921. The Hall–Kier alpha value is -3.61. The molecule has 0 bridgehead atoms. The monoisotopic (exact) mass is 1530 g/mol. The van der Waals surface area contributed by atoms with E-state index in [9.17, 15) is 126 Å². The van der Waals surface area contributed by atoms with Crippen LogP contribution in [0.25, 0.3) is 0 Å². The van der Waals surface area contributed by atoms with E-state index < -0.39 is 230 Å². The molecule has 6 rings (SSSR count). The lowest BCUT2D eigenvalue weighted by atomic mass is 9.96. The molecular formula is C63H115N5O37. The molecule has 0 radical (unpaired) electrons. The van der Waals surface area contributed by atoms with Gasteiger partial charge in [0.15, 0.2) is 37.7 Å². The Morgan fingerprint density at radius 3 is 1.15 bits per heavy atom. The van der Waals surface area contributed by atoms with Gasteiger partial charge in [0.1, 0.15) is 159 Å². The Bertz CT molecular complexity index is 2440. The maximum atomic E-state index is 12.4. The van der Waals surface area contributed by atoms with Gasteiger partial charge in [0.05, 0.1) is 58.9 Å². The summed E-state index contributed by atoms with van der Waals surface area (Å²) in [4.78, 5) is 59.4. The summed E-state index contributed by atoms with van der Waals surface area (Å²) in [6.45, 7) is 2.16. The summed E-state index contributed by atoms with van der Waals surface area (Å²) in [7, 11) is 0. The largest absolute Gasteiger partial charge is 0.394 e.